The first-order valence-corrected chi connectivity index (χ1v) is 9.27. The molecule has 1 aliphatic carbocycles. The van der Waals surface area contributed by atoms with Gasteiger partial charge in [-0.25, -0.2) is 0 Å². The van der Waals surface area contributed by atoms with Crippen molar-refractivity contribution in [2.75, 3.05) is 13.1 Å². The van der Waals surface area contributed by atoms with Crippen molar-refractivity contribution < 1.29 is 0 Å². The van der Waals surface area contributed by atoms with E-state index in [0.29, 0.717) is 11.0 Å². The molecular weight excluding hydrogens is 242 g/mol. The highest BCUT2D eigenvalue weighted by atomic mass is 15.2. The van der Waals surface area contributed by atoms with E-state index in [-0.39, 0.29) is 0 Å². The van der Waals surface area contributed by atoms with Gasteiger partial charge in [-0.2, -0.15) is 0 Å². The summed E-state index contributed by atoms with van der Waals surface area (Å²) in [7, 11) is 0. The topological polar surface area (TPSA) is 3.24 Å². The van der Waals surface area contributed by atoms with Gasteiger partial charge in [-0.3, -0.25) is 4.90 Å². The van der Waals surface area contributed by atoms with Crippen LogP contribution >= 0.6 is 0 Å². The zero-order chi connectivity index (χ0) is 14.5. The Morgan fingerprint density at radius 3 is 1.40 bits per heavy atom. The van der Waals surface area contributed by atoms with E-state index in [2.05, 4.69) is 25.7 Å². The lowest BCUT2D eigenvalue weighted by molar-refractivity contribution is 0.0304. The van der Waals surface area contributed by atoms with Crippen molar-refractivity contribution in [2.24, 2.45) is 5.41 Å². The van der Waals surface area contributed by atoms with E-state index >= 15 is 0 Å². The van der Waals surface area contributed by atoms with Crippen LogP contribution in [0.25, 0.3) is 0 Å². The summed E-state index contributed by atoms with van der Waals surface area (Å²) < 4.78 is 0. The van der Waals surface area contributed by atoms with Gasteiger partial charge < -0.3 is 0 Å². The van der Waals surface area contributed by atoms with Crippen molar-refractivity contribution in [1.82, 2.24) is 4.90 Å². The molecule has 0 N–H and O–H groups in total. The van der Waals surface area contributed by atoms with Crippen LogP contribution < -0.4 is 0 Å². The van der Waals surface area contributed by atoms with E-state index in [1.165, 1.54) is 90.1 Å². The lowest BCUT2D eigenvalue weighted by Crippen LogP contribution is -2.49. The van der Waals surface area contributed by atoms with E-state index in [4.69, 9.17) is 0 Å². The molecule has 1 nitrogen and oxygen atoms in total. The van der Waals surface area contributed by atoms with Crippen LogP contribution in [0.4, 0.5) is 0 Å². The molecule has 2 fully saturated rings. The van der Waals surface area contributed by atoms with Crippen molar-refractivity contribution in [1.29, 1.82) is 0 Å². The highest BCUT2D eigenvalue weighted by Gasteiger charge is 2.36. The lowest BCUT2D eigenvalue weighted by Gasteiger charge is -2.47. The molecule has 0 atom stereocenters. The molecule has 0 bridgehead atoms. The molecule has 1 heteroatoms. The van der Waals surface area contributed by atoms with Gasteiger partial charge in [-0.1, -0.05) is 51.4 Å². The standard InChI is InChI=1S/C19H37N/c1-18(2,3)20-16-14-19(15-17-20)12-10-8-6-4-5-7-9-11-13-19/h4-17H2,1-3H3. The van der Waals surface area contributed by atoms with Crippen LogP contribution in [0.2, 0.25) is 0 Å². The van der Waals surface area contributed by atoms with Crippen molar-refractivity contribution in [3.05, 3.63) is 0 Å². The Hall–Kier alpha value is -0.0400. The summed E-state index contributed by atoms with van der Waals surface area (Å²) in [5.74, 6) is 0. The van der Waals surface area contributed by atoms with E-state index < -0.39 is 0 Å². The molecule has 1 heterocycles. The Balaban J connectivity index is 1.90. The van der Waals surface area contributed by atoms with Gasteiger partial charge in [0, 0.05) is 5.54 Å². The average molecular weight is 280 g/mol. The third kappa shape index (κ3) is 4.76. The number of nitrogens with zero attached hydrogens (tertiary/aromatic N) is 1. The van der Waals surface area contributed by atoms with Crippen LogP contribution in [-0.2, 0) is 0 Å². The van der Waals surface area contributed by atoms with Gasteiger partial charge in [0.2, 0.25) is 0 Å². The zero-order valence-corrected chi connectivity index (χ0v) is 14.3. The SMILES string of the molecule is CC(C)(C)N1CCC2(CCCCCCCCCC2)CC1. The van der Waals surface area contributed by atoms with Crippen molar-refractivity contribution in [3.8, 4) is 0 Å². The molecule has 1 saturated heterocycles. The largest absolute Gasteiger partial charge is 0.298 e. The maximum atomic E-state index is 2.71. The average Bonchev–Trinajstić information content (AvgIpc) is 2.44. The molecule has 1 spiro atoms. The number of hydrogen-bond donors (Lipinski definition) is 0. The predicted octanol–water partition coefficient (Wildman–Crippen LogP) is 5.78. The Morgan fingerprint density at radius 1 is 0.600 bits per heavy atom. The Morgan fingerprint density at radius 2 is 1.00 bits per heavy atom. The molecule has 0 unspecified atom stereocenters. The van der Waals surface area contributed by atoms with Crippen LogP contribution in [0.15, 0.2) is 0 Å². The first kappa shape index (κ1) is 16.3. The number of piperidine rings is 1. The quantitative estimate of drug-likeness (QED) is 0.543. The Bertz CT molecular complexity index is 254. The molecule has 0 radical (unpaired) electrons. The molecule has 2 rings (SSSR count). The molecule has 0 amide bonds. The molecule has 1 saturated carbocycles. The predicted molar refractivity (Wildman–Crippen MR) is 89.2 cm³/mol. The third-order valence-electron chi connectivity index (χ3n) is 5.94. The fourth-order valence-corrected chi connectivity index (χ4v) is 4.34. The van der Waals surface area contributed by atoms with Gasteiger partial charge in [0.1, 0.15) is 0 Å². The first-order valence-electron chi connectivity index (χ1n) is 9.27. The van der Waals surface area contributed by atoms with Gasteiger partial charge in [-0.05, 0) is 65.0 Å². The minimum Gasteiger partial charge on any atom is -0.298 e. The number of hydrogen-bond acceptors (Lipinski definition) is 1. The van der Waals surface area contributed by atoms with E-state index in [0.717, 1.165) is 0 Å². The second-order valence-electron chi connectivity index (χ2n) is 8.49. The van der Waals surface area contributed by atoms with Crippen molar-refractivity contribution in [2.45, 2.75) is 103 Å². The van der Waals surface area contributed by atoms with E-state index in [1.807, 2.05) is 0 Å². The summed E-state index contributed by atoms with van der Waals surface area (Å²) in [5.41, 5.74) is 1.08. The summed E-state index contributed by atoms with van der Waals surface area (Å²) in [5, 5.41) is 0. The summed E-state index contributed by atoms with van der Waals surface area (Å²) in [6, 6.07) is 0. The fraction of sp³-hybridized carbons (Fsp3) is 1.00. The van der Waals surface area contributed by atoms with Gasteiger partial charge >= 0.3 is 0 Å². The minimum atomic E-state index is 0.370. The lowest BCUT2D eigenvalue weighted by atomic mass is 9.70. The van der Waals surface area contributed by atoms with Gasteiger partial charge in [0.05, 0.1) is 0 Å². The van der Waals surface area contributed by atoms with Gasteiger partial charge in [0.15, 0.2) is 0 Å². The normalized spacial score (nSPS) is 27.1. The van der Waals surface area contributed by atoms with Crippen molar-refractivity contribution >= 4 is 0 Å². The van der Waals surface area contributed by atoms with E-state index in [9.17, 15) is 0 Å². The highest BCUT2D eigenvalue weighted by Crippen LogP contribution is 2.43. The molecule has 2 aliphatic rings. The van der Waals surface area contributed by atoms with Crippen LogP contribution in [0.5, 0.6) is 0 Å². The molecule has 0 aromatic carbocycles. The van der Waals surface area contributed by atoms with E-state index in [1.54, 1.807) is 0 Å². The third-order valence-corrected chi connectivity index (χ3v) is 5.94. The van der Waals surface area contributed by atoms with Crippen LogP contribution in [0, 0.1) is 5.41 Å². The first-order chi connectivity index (χ1) is 9.52. The second-order valence-corrected chi connectivity index (χ2v) is 8.49. The smallest absolute Gasteiger partial charge is 0.0125 e. The molecule has 118 valence electrons. The summed E-state index contributed by atoms with van der Waals surface area (Å²) >= 11 is 0. The number of likely N-dealkylation sites (tertiary alicyclic amines) is 1. The molecule has 0 aromatic rings. The van der Waals surface area contributed by atoms with Crippen LogP contribution in [0.1, 0.15) is 97.8 Å². The number of rotatable bonds is 0. The molecular formula is C19H37N. The van der Waals surface area contributed by atoms with Gasteiger partial charge in [-0.15, -0.1) is 0 Å². The molecule has 0 aromatic heterocycles. The molecule has 20 heavy (non-hydrogen) atoms. The van der Waals surface area contributed by atoms with Crippen molar-refractivity contribution in [3.63, 3.8) is 0 Å². The maximum absolute atomic E-state index is 2.71. The zero-order valence-electron chi connectivity index (χ0n) is 14.3. The van der Waals surface area contributed by atoms with Gasteiger partial charge in [0.25, 0.3) is 0 Å². The second kappa shape index (κ2) is 7.29. The monoisotopic (exact) mass is 279 g/mol. The Kier molecular flexibility index (Phi) is 5.95. The fourth-order valence-electron chi connectivity index (χ4n) is 4.34. The maximum Gasteiger partial charge on any atom is 0.0125 e. The summed E-state index contributed by atoms with van der Waals surface area (Å²) in [4.78, 5) is 2.71. The van der Waals surface area contributed by atoms with Crippen LogP contribution in [-0.4, -0.2) is 23.5 Å². The Labute approximate surface area is 127 Å². The highest BCUT2D eigenvalue weighted by molar-refractivity contribution is 4.90. The van der Waals surface area contributed by atoms with Crippen LogP contribution in [0.3, 0.4) is 0 Å². The minimum absolute atomic E-state index is 0.370. The summed E-state index contributed by atoms with van der Waals surface area (Å²) in [6.45, 7) is 9.81. The summed E-state index contributed by atoms with van der Waals surface area (Å²) in [6.07, 6.45) is 17.9. The molecule has 1 aliphatic heterocycles.